The molecule has 1 heterocycles. The Hall–Kier alpha value is -0.850. The van der Waals surface area contributed by atoms with E-state index in [4.69, 9.17) is 14.2 Å². The number of carbonyl (C=O) groups is 1. The summed E-state index contributed by atoms with van der Waals surface area (Å²) in [5, 5.41) is 55.2. The topological polar surface area (TPSA) is 158 Å². The van der Waals surface area contributed by atoms with Gasteiger partial charge in [0.25, 0.3) is 0 Å². The van der Waals surface area contributed by atoms with Gasteiger partial charge in [-0.3, -0.25) is 4.79 Å². The second kappa shape index (κ2) is 25.4. The summed E-state index contributed by atoms with van der Waals surface area (Å²) in [5.74, 6) is -0.406. The standard InChI is InChI=1S/C33H65NO9/c1-4-6-8-10-11-12-13-14-15-16-17-19-21-27(36)29(37)26(34-25(3)35)23-42-33-32(40)31(39)30(38)28(43-33)24-41-22-20-18-9-7-5-2/h26-33,36-40H,4-24H2,1-3H3,(H,34,35)/t26-,27+,28?,29-,30?,31?,32?,33?/m0/s1. The predicted octanol–water partition coefficient (Wildman–Crippen LogP) is 4.12. The molecule has 1 amide bonds. The second-order valence-electron chi connectivity index (χ2n) is 12.4. The monoisotopic (exact) mass is 619 g/mol. The Kier molecular flexibility index (Phi) is 23.7. The molecule has 1 saturated heterocycles. The highest BCUT2D eigenvalue weighted by Crippen LogP contribution is 2.23. The Labute approximate surface area is 260 Å². The zero-order chi connectivity index (χ0) is 31.9. The van der Waals surface area contributed by atoms with E-state index in [1.54, 1.807) is 0 Å². The maximum absolute atomic E-state index is 11.8. The van der Waals surface area contributed by atoms with E-state index in [0.717, 1.165) is 44.9 Å². The van der Waals surface area contributed by atoms with E-state index >= 15 is 0 Å². The molecule has 0 saturated carbocycles. The summed E-state index contributed by atoms with van der Waals surface area (Å²) in [6, 6.07) is -0.956. The number of carbonyl (C=O) groups excluding carboxylic acids is 1. The SMILES string of the molecule is CCCCCCCCCCCCCC[C@@H](O)[C@@H](O)[C@H](COC1OC(COCCCCCCC)C(O)C(O)C1O)NC(C)=O. The van der Waals surface area contributed by atoms with Crippen LogP contribution in [0.15, 0.2) is 0 Å². The molecule has 0 spiro atoms. The van der Waals surface area contributed by atoms with Crippen molar-refractivity contribution in [1.82, 2.24) is 5.32 Å². The zero-order valence-corrected chi connectivity index (χ0v) is 27.3. The van der Waals surface area contributed by atoms with E-state index < -0.39 is 54.9 Å². The first-order chi connectivity index (χ1) is 20.7. The lowest BCUT2D eigenvalue weighted by Gasteiger charge is -2.40. The number of ether oxygens (including phenoxy) is 3. The molecule has 0 bridgehead atoms. The van der Waals surface area contributed by atoms with Gasteiger partial charge in [0.05, 0.1) is 25.4 Å². The Morgan fingerprint density at radius 3 is 1.79 bits per heavy atom. The molecular weight excluding hydrogens is 554 g/mol. The van der Waals surface area contributed by atoms with Gasteiger partial charge in [-0.05, 0) is 12.8 Å². The lowest BCUT2D eigenvalue weighted by Crippen LogP contribution is -2.60. The van der Waals surface area contributed by atoms with Crippen molar-refractivity contribution in [2.24, 2.45) is 0 Å². The third-order valence-electron chi connectivity index (χ3n) is 8.33. The van der Waals surface area contributed by atoms with E-state index in [2.05, 4.69) is 19.2 Å². The summed E-state index contributed by atoms with van der Waals surface area (Å²) >= 11 is 0. The largest absolute Gasteiger partial charge is 0.390 e. The molecule has 0 aromatic heterocycles. The van der Waals surface area contributed by atoms with Crippen LogP contribution in [0.2, 0.25) is 0 Å². The van der Waals surface area contributed by atoms with Gasteiger partial charge in [-0.1, -0.05) is 117 Å². The molecule has 1 rings (SSSR count). The van der Waals surface area contributed by atoms with Crippen molar-refractivity contribution in [3.05, 3.63) is 0 Å². The number of hydrogen-bond donors (Lipinski definition) is 6. The fraction of sp³-hybridized carbons (Fsp3) is 0.970. The van der Waals surface area contributed by atoms with Gasteiger partial charge in [0.1, 0.15) is 30.5 Å². The molecule has 10 nitrogen and oxygen atoms in total. The Morgan fingerprint density at radius 1 is 0.744 bits per heavy atom. The number of hydrogen-bond acceptors (Lipinski definition) is 9. The number of aliphatic hydroxyl groups excluding tert-OH is 5. The fourth-order valence-corrected chi connectivity index (χ4v) is 5.52. The molecule has 1 fully saturated rings. The molecule has 256 valence electrons. The van der Waals surface area contributed by atoms with Gasteiger partial charge in [0, 0.05) is 13.5 Å². The minimum Gasteiger partial charge on any atom is -0.390 e. The van der Waals surface area contributed by atoms with Crippen LogP contribution < -0.4 is 5.32 Å². The van der Waals surface area contributed by atoms with Crippen molar-refractivity contribution in [1.29, 1.82) is 0 Å². The Morgan fingerprint density at radius 2 is 1.26 bits per heavy atom. The highest BCUT2D eigenvalue weighted by atomic mass is 16.7. The maximum atomic E-state index is 11.8. The molecule has 0 aromatic rings. The molecular formula is C33H65NO9. The van der Waals surface area contributed by atoms with E-state index in [1.165, 1.54) is 71.1 Å². The first-order valence-electron chi connectivity index (χ1n) is 17.2. The minimum atomic E-state index is -1.54. The lowest BCUT2D eigenvalue weighted by atomic mass is 9.98. The number of nitrogens with one attached hydrogen (secondary N) is 1. The molecule has 43 heavy (non-hydrogen) atoms. The average molecular weight is 620 g/mol. The van der Waals surface area contributed by atoms with Crippen LogP contribution in [0.3, 0.4) is 0 Å². The highest BCUT2D eigenvalue weighted by molar-refractivity contribution is 5.73. The van der Waals surface area contributed by atoms with E-state index in [1.807, 2.05) is 0 Å². The maximum Gasteiger partial charge on any atom is 0.217 e. The Bertz CT molecular complexity index is 670. The average Bonchev–Trinajstić information content (AvgIpc) is 2.99. The summed E-state index contributed by atoms with van der Waals surface area (Å²) in [4.78, 5) is 11.8. The van der Waals surface area contributed by atoms with Crippen molar-refractivity contribution < 1.29 is 44.5 Å². The minimum absolute atomic E-state index is 0.0219. The molecule has 1 aliphatic heterocycles. The van der Waals surface area contributed by atoms with Gasteiger partial charge in [-0.25, -0.2) is 0 Å². The summed E-state index contributed by atoms with van der Waals surface area (Å²) < 4.78 is 17.0. The van der Waals surface area contributed by atoms with Crippen LogP contribution in [-0.4, -0.2) is 100 Å². The van der Waals surface area contributed by atoms with Crippen molar-refractivity contribution in [3.63, 3.8) is 0 Å². The molecule has 0 aliphatic carbocycles. The first kappa shape index (κ1) is 40.2. The van der Waals surface area contributed by atoms with Crippen LogP contribution in [0.5, 0.6) is 0 Å². The Balaban J connectivity index is 2.42. The normalized spacial score (nSPS) is 24.5. The van der Waals surface area contributed by atoms with Crippen LogP contribution >= 0.6 is 0 Å². The molecule has 5 unspecified atom stereocenters. The van der Waals surface area contributed by atoms with Crippen molar-refractivity contribution >= 4 is 5.91 Å². The first-order valence-corrected chi connectivity index (χ1v) is 17.2. The predicted molar refractivity (Wildman–Crippen MR) is 168 cm³/mol. The number of aliphatic hydroxyl groups is 5. The van der Waals surface area contributed by atoms with E-state index in [0.29, 0.717) is 13.0 Å². The van der Waals surface area contributed by atoms with Crippen LogP contribution in [0.25, 0.3) is 0 Å². The molecule has 1 aliphatic rings. The zero-order valence-electron chi connectivity index (χ0n) is 27.3. The molecule has 0 aromatic carbocycles. The molecule has 8 atom stereocenters. The van der Waals surface area contributed by atoms with E-state index in [-0.39, 0.29) is 13.2 Å². The summed E-state index contributed by atoms with van der Waals surface area (Å²) in [7, 11) is 0. The second-order valence-corrected chi connectivity index (χ2v) is 12.4. The highest BCUT2D eigenvalue weighted by Gasteiger charge is 2.45. The van der Waals surface area contributed by atoms with Crippen molar-refractivity contribution in [3.8, 4) is 0 Å². The quantitative estimate of drug-likeness (QED) is 0.0744. The summed E-state index contributed by atoms with van der Waals surface area (Å²) in [6.45, 7) is 5.93. The smallest absolute Gasteiger partial charge is 0.217 e. The van der Waals surface area contributed by atoms with Gasteiger partial charge in [-0.2, -0.15) is 0 Å². The molecule has 10 heteroatoms. The third kappa shape index (κ3) is 18.0. The van der Waals surface area contributed by atoms with Crippen LogP contribution in [-0.2, 0) is 19.0 Å². The van der Waals surface area contributed by atoms with Gasteiger partial charge in [0.2, 0.25) is 5.91 Å². The summed E-state index contributed by atoms with van der Waals surface area (Å²) in [5.41, 5.74) is 0. The number of amides is 1. The molecule has 0 radical (unpaired) electrons. The third-order valence-corrected chi connectivity index (χ3v) is 8.33. The van der Waals surface area contributed by atoms with Crippen LogP contribution in [0, 0.1) is 0 Å². The van der Waals surface area contributed by atoms with Gasteiger partial charge in [-0.15, -0.1) is 0 Å². The summed E-state index contributed by atoms with van der Waals surface area (Å²) in [6.07, 6.45) is 11.2. The van der Waals surface area contributed by atoms with Crippen molar-refractivity contribution in [2.45, 2.75) is 185 Å². The fourth-order valence-electron chi connectivity index (χ4n) is 5.52. The molecule has 6 N–H and O–H groups in total. The van der Waals surface area contributed by atoms with Crippen LogP contribution in [0.1, 0.15) is 136 Å². The van der Waals surface area contributed by atoms with Crippen molar-refractivity contribution in [2.75, 3.05) is 19.8 Å². The number of rotatable bonds is 27. The lowest BCUT2D eigenvalue weighted by molar-refractivity contribution is -0.304. The van der Waals surface area contributed by atoms with Crippen LogP contribution in [0.4, 0.5) is 0 Å². The number of unbranched alkanes of at least 4 members (excludes halogenated alkanes) is 15. The van der Waals surface area contributed by atoms with E-state index in [9.17, 15) is 30.3 Å². The van der Waals surface area contributed by atoms with Gasteiger partial charge in [0.15, 0.2) is 6.29 Å². The van der Waals surface area contributed by atoms with Gasteiger partial charge < -0.3 is 45.1 Å². The van der Waals surface area contributed by atoms with Gasteiger partial charge >= 0.3 is 0 Å².